The van der Waals surface area contributed by atoms with E-state index in [1.54, 1.807) is 6.33 Å². The molecule has 1 atom stereocenters. The number of nitrogens with zero attached hydrogens (tertiary/aromatic N) is 5. The van der Waals surface area contributed by atoms with Crippen molar-refractivity contribution >= 4 is 34.5 Å². The molecular formula is C21H27N7O. The molecule has 1 aliphatic rings. The van der Waals surface area contributed by atoms with Gasteiger partial charge in [0.1, 0.15) is 5.52 Å². The number of anilines is 3. The van der Waals surface area contributed by atoms with Gasteiger partial charge in [-0.05, 0) is 38.8 Å². The first-order chi connectivity index (χ1) is 14.2. The molecule has 1 amide bonds. The maximum Gasteiger partial charge on any atom is 0.229 e. The first kappa shape index (κ1) is 19.2. The molecule has 152 valence electrons. The summed E-state index contributed by atoms with van der Waals surface area (Å²) in [5.41, 5.74) is 2.33. The monoisotopic (exact) mass is 393 g/mol. The van der Waals surface area contributed by atoms with Crippen LogP contribution in [0, 0.1) is 5.92 Å². The maximum atomic E-state index is 12.8. The second kappa shape index (κ2) is 8.46. The van der Waals surface area contributed by atoms with Crippen LogP contribution in [0.4, 0.5) is 17.5 Å². The Kier molecular flexibility index (Phi) is 5.59. The number of imidazole rings is 1. The number of benzene rings is 1. The van der Waals surface area contributed by atoms with E-state index in [1.165, 1.54) is 0 Å². The molecule has 0 saturated carbocycles. The number of hydrogen-bond acceptors (Lipinski definition) is 6. The number of H-pyrrole nitrogens is 1. The number of rotatable bonds is 6. The highest BCUT2D eigenvalue weighted by atomic mass is 16.2. The Balaban J connectivity index is 1.61. The number of amides is 1. The lowest BCUT2D eigenvalue weighted by Gasteiger charge is -2.34. The summed E-state index contributed by atoms with van der Waals surface area (Å²) in [5, 5.41) is 3.36. The van der Waals surface area contributed by atoms with Crippen LogP contribution < -0.4 is 10.2 Å². The Labute approximate surface area is 170 Å². The summed E-state index contributed by atoms with van der Waals surface area (Å²) in [6.45, 7) is 7.01. The quantitative estimate of drug-likeness (QED) is 0.668. The average molecular weight is 393 g/mol. The van der Waals surface area contributed by atoms with Crippen LogP contribution in [0.5, 0.6) is 0 Å². The Morgan fingerprint density at radius 3 is 2.79 bits per heavy atom. The van der Waals surface area contributed by atoms with Crippen molar-refractivity contribution in [3.63, 3.8) is 0 Å². The lowest BCUT2D eigenvalue weighted by Crippen LogP contribution is -2.45. The lowest BCUT2D eigenvalue weighted by molar-refractivity contribution is -0.135. The SMILES string of the molecule is CCN(CC)C(=O)C1CCCN(c2nc(Nc3ccccc3)c3[nH]cnc3n2)C1. The van der Waals surface area contributed by atoms with Gasteiger partial charge in [-0.3, -0.25) is 4.79 Å². The number of nitrogens with one attached hydrogen (secondary N) is 2. The van der Waals surface area contributed by atoms with Gasteiger partial charge < -0.3 is 20.1 Å². The highest BCUT2D eigenvalue weighted by Gasteiger charge is 2.30. The van der Waals surface area contributed by atoms with Crippen molar-refractivity contribution in [2.75, 3.05) is 36.4 Å². The molecule has 0 spiro atoms. The second-order valence-electron chi connectivity index (χ2n) is 7.26. The zero-order valence-corrected chi connectivity index (χ0v) is 16.9. The van der Waals surface area contributed by atoms with Crippen LogP contribution in [0.15, 0.2) is 36.7 Å². The standard InChI is InChI=1S/C21H27N7O/c1-3-27(4-2)20(29)15-9-8-12-28(13-15)21-25-18-17(22-14-23-18)19(26-21)24-16-10-6-5-7-11-16/h5-7,10-11,14-15H,3-4,8-9,12-13H2,1-2H3,(H2,22,23,24,25,26). The van der Waals surface area contributed by atoms with E-state index in [0.29, 0.717) is 24.0 Å². The molecular weight excluding hydrogens is 366 g/mol. The van der Waals surface area contributed by atoms with Gasteiger partial charge in [0, 0.05) is 31.9 Å². The van der Waals surface area contributed by atoms with Crippen molar-refractivity contribution in [1.82, 2.24) is 24.8 Å². The fourth-order valence-electron chi connectivity index (χ4n) is 3.87. The molecule has 2 N–H and O–H groups in total. The first-order valence-electron chi connectivity index (χ1n) is 10.3. The fraction of sp³-hybridized carbons (Fsp3) is 0.429. The molecule has 0 bridgehead atoms. The van der Waals surface area contributed by atoms with Crippen LogP contribution in [0.2, 0.25) is 0 Å². The number of para-hydroxylation sites is 1. The van der Waals surface area contributed by atoms with Crippen LogP contribution in [0.25, 0.3) is 11.2 Å². The van der Waals surface area contributed by atoms with E-state index in [0.717, 1.165) is 43.7 Å². The highest BCUT2D eigenvalue weighted by Crippen LogP contribution is 2.27. The first-order valence-corrected chi connectivity index (χ1v) is 10.3. The van der Waals surface area contributed by atoms with Crippen molar-refractivity contribution < 1.29 is 4.79 Å². The number of fused-ring (bicyclic) bond motifs is 1. The molecule has 4 rings (SSSR count). The van der Waals surface area contributed by atoms with Gasteiger partial charge in [0.25, 0.3) is 0 Å². The molecule has 0 radical (unpaired) electrons. The van der Waals surface area contributed by atoms with E-state index in [2.05, 4.69) is 25.2 Å². The predicted molar refractivity (Wildman–Crippen MR) is 114 cm³/mol. The van der Waals surface area contributed by atoms with Crippen LogP contribution in [-0.2, 0) is 4.79 Å². The van der Waals surface area contributed by atoms with Crippen LogP contribution in [0.1, 0.15) is 26.7 Å². The summed E-state index contributed by atoms with van der Waals surface area (Å²) in [7, 11) is 0. The van der Waals surface area contributed by atoms with Gasteiger partial charge in [-0.25, -0.2) is 4.98 Å². The third kappa shape index (κ3) is 4.01. The minimum absolute atomic E-state index is 0.0207. The fourth-order valence-corrected chi connectivity index (χ4v) is 3.87. The smallest absolute Gasteiger partial charge is 0.229 e. The molecule has 29 heavy (non-hydrogen) atoms. The normalized spacial score (nSPS) is 16.8. The largest absolute Gasteiger partial charge is 0.343 e. The van der Waals surface area contributed by atoms with E-state index in [9.17, 15) is 4.79 Å². The van der Waals surface area contributed by atoms with E-state index >= 15 is 0 Å². The zero-order chi connectivity index (χ0) is 20.2. The van der Waals surface area contributed by atoms with Gasteiger partial charge in [-0.2, -0.15) is 9.97 Å². The zero-order valence-electron chi connectivity index (χ0n) is 16.9. The maximum absolute atomic E-state index is 12.8. The third-order valence-corrected chi connectivity index (χ3v) is 5.44. The van der Waals surface area contributed by atoms with Gasteiger partial charge in [-0.1, -0.05) is 18.2 Å². The van der Waals surface area contributed by atoms with E-state index in [1.807, 2.05) is 49.1 Å². The van der Waals surface area contributed by atoms with Crippen molar-refractivity contribution in [2.45, 2.75) is 26.7 Å². The van der Waals surface area contributed by atoms with Crippen molar-refractivity contribution in [1.29, 1.82) is 0 Å². The molecule has 1 saturated heterocycles. The van der Waals surface area contributed by atoms with E-state index in [4.69, 9.17) is 4.98 Å². The van der Waals surface area contributed by atoms with Crippen LogP contribution in [-0.4, -0.2) is 56.9 Å². The summed E-state index contributed by atoms with van der Waals surface area (Å²) in [6.07, 6.45) is 3.48. The number of piperidine rings is 1. The summed E-state index contributed by atoms with van der Waals surface area (Å²) < 4.78 is 0. The molecule has 1 fully saturated rings. The van der Waals surface area contributed by atoms with Gasteiger partial charge in [0.15, 0.2) is 11.5 Å². The topological polar surface area (TPSA) is 90.0 Å². The molecule has 1 unspecified atom stereocenters. The van der Waals surface area contributed by atoms with Crippen LogP contribution >= 0.6 is 0 Å². The molecule has 3 heterocycles. The molecule has 1 aromatic carbocycles. The van der Waals surface area contributed by atoms with Gasteiger partial charge in [0.2, 0.25) is 11.9 Å². The summed E-state index contributed by atoms with van der Waals surface area (Å²) in [5.74, 6) is 1.50. The molecule has 2 aromatic heterocycles. The van der Waals surface area contributed by atoms with Gasteiger partial charge in [0.05, 0.1) is 12.2 Å². The lowest BCUT2D eigenvalue weighted by atomic mass is 9.96. The summed E-state index contributed by atoms with van der Waals surface area (Å²) in [6, 6.07) is 9.90. The number of aromatic amines is 1. The van der Waals surface area contributed by atoms with Crippen LogP contribution in [0.3, 0.4) is 0 Å². The Morgan fingerprint density at radius 2 is 2.03 bits per heavy atom. The minimum Gasteiger partial charge on any atom is -0.343 e. The predicted octanol–water partition coefficient (Wildman–Crippen LogP) is 3.18. The van der Waals surface area contributed by atoms with Crippen molar-refractivity contribution in [3.8, 4) is 0 Å². The number of hydrogen-bond donors (Lipinski definition) is 2. The molecule has 0 aliphatic carbocycles. The van der Waals surface area contributed by atoms with Gasteiger partial charge in [-0.15, -0.1) is 0 Å². The molecule has 8 heteroatoms. The minimum atomic E-state index is -0.0207. The third-order valence-electron chi connectivity index (χ3n) is 5.44. The molecule has 8 nitrogen and oxygen atoms in total. The Bertz CT molecular complexity index is 968. The number of carbonyl (C=O) groups is 1. The number of carbonyl (C=O) groups excluding carboxylic acids is 1. The average Bonchev–Trinajstić information content (AvgIpc) is 3.24. The summed E-state index contributed by atoms with van der Waals surface area (Å²) >= 11 is 0. The Morgan fingerprint density at radius 1 is 1.24 bits per heavy atom. The highest BCUT2D eigenvalue weighted by molar-refractivity contribution is 5.86. The molecule has 1 aliphatic heterocycles. The van der Waals surface area contributed by atoms with Crippen molar-refractivity contribution in [2.24, 2.45) is 5.92 Å². The summed E-state index contributed by atoms with van der Waals surface area (Å²) in [4.78, 5) is 33.7. The second-order valence-corrected chi connectivity index (χ2v) is 7.26. The van der Waals surface area contributed by atoms with E-state index < -0.39 is 0 Å². The van der Waals surface area contributed by atoms with E-state index in [-0.39, 0.29) is 11.8 Å². The molecule has 3 aromatic rings. The van der Waals surface area contributed by atoms with Gasteiger partial charge >= 0.3 is 0 Å². The Hall–Kier alpha value is -3.16. The van der Waals surface area contributed by atoms with Crippen molar-refractivity contribution in [3.05, 3.63) is 36.7 Å². The number of aromatic nitrogens is 4.